The number of aromatic nitrogens is 3. The minimum Gasteiger partial charge on any atom is -0.374 e. The number of halogens is 1. The van der Waals surface area contributed by atoms with Gasteiger partial charge in [-0.1, -0.05) is 18.6 Å². The average molecular weight is 626 g/mol. The SMILES string of the molecule is CCn1cnc2cc(-c3ccc4c(c3)N([C@H]3C[C@@H](N5CCCCC5)C3)C(=O)C4(C)C)nc(Nc3cc(C(O)NC)c(C)cc3F)c21. The molecule has 1 unspecified atom stereocenters. The molecule has 4 aromatic rings. The molecule has 2 aromatic carbocycles. The number of benzene rings is 2. The number of carbonyl (C=O) groups is 1. The number of pyridine rings is 1. The third-order valence-corrected chi connectivity index (χ3v) is 10.5. The third-order valence-electron chi connectivity index (χ3n) is 10.5. The number of anilines is 3. The van der Waals surface area contributed by atoms with Gasteiger partial charge in [-0.15, -0.1) is 0 Å². The largest absolute Gasteiger partial charge is 0.374 e. The number of fused-ring (bicyclic) bond motifs is 2. The molecule has 3 N–H and O–H groups in total. The summed E-state index contributed by atoms with van der Waals surface area (Å²) in [6, 6.07) is 11.9. The summed E-state index contributed by atoms with van der Waals surface area (Å²) >= 11 is 0. The van der Waals surface area contributed by atoms with E-state index in [0.29, 0.717) is 35.2 Å². The summed E-state index contributed by atoms with van der Waals surface area (Å²) in [6.45, 7) is 10.8. The van der Waals surface area contributed by atoms with E-state index >= 15 is 4.39 Å². The Morgan fingerprint density at radius 1 is 1.09 bits per heavy atom. The van der Waals surface area contributed by atoms with Crippen LogP contribution in [0.25, 0.3) is 22.3 Å². The van der Waals surface area contributed by atoms with E-state index in [0.717, 1.165) is 40.7 Å². The van der Waals surface area contributed by atoms with Crippen LogP contribution in [0.3, 0.4) is 0 Å². The molecule has 9 nitrogen and oxygen atoms in total. The highest BCUT2D eigenvalue weighted by Gasteiger charge is 2.50. The van der Waals surface area contributed by atoms with E-state index in [-0.39, 0.29) is 17.6 Å². The van der Waals surface area contributed by atoms with Gasteiger partial charge in [0.25, 0.3) is 0 Å². The van der Waals surface area contributed by atoms with E-state index in [1.54, 1.807) is 26.4 Å². The second kappa shape index (κ2) is 11.7. The standard InChI is InChI=1S/C36H44FN7O2/c1-6-42-20-39-30-19-28(40-33(32(30)42)41-29-18-25(34(45)38-5)21(2)14-27(29)37)22-10-11-26-31(15-22)44(35(46)36(26,3)4)24-16-23(17-24)43-12-8-7-9-13-43/h10-11,14-15,18-20,23-24,34,38,45H,6-9,12-13,16-17H2,1-5H3,(H,40,41)/t23-,24+,34?. The summed E-state index contributed by atoms with van der Waals surface area (Å²) in [5, 5.41) is 16.5. The highest BCUT2D eigenvalue weighted by atomic mass is 19.1. The Morgan fingerprint density at radius 2 is 1.85 bits per heavy atom. The number of hydrogen-bond donors (Lipinski definition) is 3. The highest BCUT2D eigenvalue weighted by Crippen LogP contribution is 2.48. The van der Waals surface area contributed by atoms with Crippen molar-refractivity contribution >= 4 is 34.1 Å². The number of hydrogen-bond acceptors (Lipinski definition) is 7. The van der Waals surface area contributed by atoms with Crippen molar-refractivity contribution in [3.05, 3.63) is 65.2 Å². The first kappa shape index (κ1) is 30.8. The number of rotatable bonds is 8. The quantitative estimate of drug-likeness (QED) is 0.202. The molecule has 7 rings (SSSR count). The number of imidazole rings is 1. The van der Waals surface area contributed by atoms with Gasteiger partial charge in [0.2, 0.25) is 5.91 Å². The van der Waals surface area contributed by atoms with E-state index in [9.17, 15) is 9.90 Å². The first-order valence-electron chi connectivity index (χ1n) is 16.6. The minimum absolute atomic E-state index is 0.156. The van der Waals surface area contributed by atoms with Crippen molar-refractivity contribution in [2.45, 2.75) is 90.1 Å². The molecule has 242 valence electrons. The molecule has 1 saturated heterocycles. The van der Waals surface area contributed by atoms with Crippen molar-refractivity contribution in [3.63, 3.8) is 0 Å². The molecule has 1 amide bonds. The normalized spacial score (nSPS) is 21.8. The van der Waals surface area contributed by atoms with Crippen LogP contribution in [-0.2, 0) is 16.8 Å². The first-order chi connectivity index (χ1) is 22.1. The molecule has 2 aliphatic heterocycles. The Bertz CT molecular complexity index is 1810. The Hall–Kier alpha value is -3.86. The molecule has 1 aliphatic carbocycles. The van der Waals surface area contributed by atoms with Crippen molar-refractivity contribution in [1.29, 1.82) is 0 Å². The van der Waals surface area contributed by atoms with Crippen molar-refractivity contribution < 1.29 is 14.3 Å². The van der Waals surface area contributed by atoms with Crippen molar-refractivity contribution in [2.24, 2.45) is 0 Å². The number of likely N-dealkylation sites (tertiary alicyclic amines) is 1. The maximum Gasteiger partial charge on any atom is 0.237 e. The second-order valence-corrected chi connectivity index (χ2v) is 13.7. The number of aliphatic hydroxyl groups excluding tert-OH is 1. The van der Waals surface area contributed by atoms with Crippen LogP contribution < -0.4 is 15.5 Å². The lowest BCUT2D eigenvalue weighted by molar-refractivity contribution is -0.123. The van der Waals surface area contributed by atoms with E-state index in [1.165, 1.54) is 38.4 Å². The molecule has 0 spiro atoms. The Balaban J connectivity index is 1.26. The summed E-state index contributed by atoms with van der Waals surface area (Å²) in [6.07, 6.45) is 6.69. The minimum atomic E-state index is -0.936. The van der Waals surface area contributed by atoms with Crippen molar-refractivity contribution in [2.75, 3.05) is 30.4 Å². The average Bonchev–Trinajstić information content (AvgIpc) is 3.54. The van der Waals surface area contributed by atoms with Crippen LogP contribution >= 0.6 is 0 Å². The van der Waals surface area contributed by atoms with Crippen LogP contribution in [0.1, 0.15) is 75.8 Å². The van der Waals surface area contributed by atoms with Gasteiger partial charge in [0.1, 0.15) is 17.6 Å². The van der Waals surface area contributed by atoms with Gasteiger partial charge in [0.15, 0.2) is 5.82 Å². The number of amides is 1. The number of carbonyl (C=O) groups excluding carboxylic acids is 1. The topological polar surface area (TPSA) is 98.6 Å². The maximum absolute atomic E-state index is 15.3. The van der Waals surface area contributed by atoms with Gasteiger partial charge in [-0.2, -0.15) is 0 Å². The zero-order valence-corrected chi connectivity index (χ0v) is 27.4. The first-order valence-corrected chi connectivity index (χ1v) is 16.6. The smallest absolute Gasteiger partial charge is 0.237 e. The fourth-order valence-electron chi connectivity index (χ4n) is 7.59. The molecule has 0 radical (unpaired) electrons. The Morgan fingerprint density at radius 3 is 2.57 bits per heavy atom. The summed E-state index contributed by atoms with van der Waals surface area (Å²) < 4.78 is 17.3. The molecular weight excluding hydrogens is 581 g/mol. The summed E-state index contributed by atoms with van der Waals surface area (Å²) in [7, 11) is 1.65. The van der Waals surface area contributed by atoms with Gasteiger partial charge >= 0.3 is 0 Å². The van der Waals surface area contributed by atoms with Crippen LogP contribution in [0.4, 0.5) is 21.6 Å². The molecule has 1 atom stereocenters. The monoisotopic (exact) mass is 625 g/mol. The van der Waals surface area contributed by atoms with E-state index in [2.05, 4.69) is 37.6 Å². The second-order valence-electron chi connectivity index (χ2n) is 13.7. The summed E-state index contributed by atoms with van der Waals surface area (Å²) in [4.78, 5) is 28.3. The zero-order valence-electron chi connectivity index (χ0n) is 27.4. The van der Waals surface area contributed by atoms with Gasteiger partial charge in [0, 0.05) is 35.4 Å². The lowest BCUT2D eigenvalue weighted by Crippen LogP contribution is -2.57. The van der Waals surface area contributed by atoms with Crippen LogP contribution in [0.2, 0.25) is 0 Å². The van der Waals surface area contributed by atoms with Crippen LogP contribution in [-0.4, -0.2) is 62.7 Å². The number of aryl methyl sites for hydroxylation is 2. The molecule has 1 saturated carbocycles. The fourth-order valence-corrected chi connectivity index (χ4v) is 7.59. The zero-order chi connectivity index (χ0) is 32.3. The molecule has 0 bridgehead atoms. The molecular formula is C36H44FN7O2. The molecule has 4 heterocycles. The van der Waals surface area contributed by atoms with E-state index in [1.807, 2.05) is 37.5 Å². The fraction of sp³-hybridized carbons (Fsp3) is 0.472. The van der Waals surface area contributed by atoms with Crippen LogP contribution in [0.15, 0.2) is 42.7 Å². The Labute approximate surface area is 269 Å². The van der Waals surface area contributed by atoms with E-state index < -0.39 is 17.5 Å². The van der Waals surface area contributed by atoms with Gasteiger partial charge in [0.05, 0.1) is 28.6 Å². The lowest BCUT2D eigenvalue weighted by atomic mass is 9.82. The van der Waals surface area contributed by atoms with Gasteiger partial charge in [-0.05, 0) is 109 Å². The van der Waals surface area contributed by atoms with Gasteiger partial charge < -0.3 is 24.8 Å². The van der Waals surface area contributed by atoms with Crippen molar-refractivity contribution in [3.8, 4) is 11.3 Å². The Kier molecular flexibility index (Phi) is 7.85. The molecule has 46 heavy (non-hydrogen) atoms. The summed E-state index contributed by atoms with van der Waals surface area (Å²) in [5.74, 6) is 0.185. The lowest BCUT2D eigenvalue weighted by Gasteiger charge is -2.48. The molecule has 2 aromatic heterocycles. The number of aliphatic hydroxyl groups is 1. The third kappa shape index (κ3) is 5.07. The number of nitrogens with one attached hydrogen (secondary N) is 2. The summed E-state index contributed by atoms with van der Waals surface area (Å²) in [5.41, 5.74) is 5.87. The predicted molar refractivity (Wildman–Crippen MR) is 180 cm³/mol. The molecule has 10 heteroatoms. The highest BCUT2D eigenvalue weighted by molar-refractivity contribution is 6.08. The van der Waals surface area contributed by atoms with Crippen LogP contribution in [0, 0.1) is 12.7 Å². The van der Waals surface area contributed by atoms with Crippen LogP contribution in [0.5, 0.6) is 0 Å². The van der Waals surface area contributed by atoms with Gasteiger partial charge in [-0.25, -0.2) is 14.4 Å². The molecule has 2 fully saturated rings. The molecule has 3 aliphatic rings. The number of nitrogens with zero attached hydrogens (tertiary/aromatic N) is 5. The maximum atomic E-state index is 15.3. The van der Waals surface area contributed by atoms with Crippen molar-refractivity contribution in [1.82, 2.24) is 24.8 Å². The number of piperidine rings is 1. The van der Waals surface area contributed by atoms with Gasteiger partial charge in [-0.3, -0.25) is 10.1 Å². The van der Waals surface area contributed by atoms with E-state index in [4.69, 9.17) is 4.98 Å². The predicted octanol–water partition coefficient (Wildman–Crippen LogP) is 6.16.